The maximum Gasteiger partial charge on any atom is 0.203 e. The molecule has 0 aliphatic heterocycles. The van der Waals surface area contributed by atoms with Gasteiger partial charge in [-0.25, -0.2) is 0 Å². The normalized spacial score (nSPS) is 16.0. The first-order chi connectivity index (χ1) is 8.55. The fourth-order valence-corrected chi connectivity index (χ4v) is 1.86. The molecule has 1 aromatic rings. The van der Waals surface area contributed by atoms with E-state index in [9.17, 15) is 4.79 Å². The Hall–Kier alpha value is -1.75. The van der Waals surface area contributed by atoms with Crippen LogP contribution in [0.2, 0.25) is 0 Å². The first-order valence-electron chi connectivity index (χ1n) is 5.69. The van der Waals surface area contributed by atoms with Crippen LogP contribution in [0.15, 0.2) is 12.1 Å². The Morgan fingerprint density at radius 2 is 1.61 bits per heavy atom. The molecule has 1 aromatic carbocycles. The highest BCUT2D eigenvalue weighted by atomic mass is 16.5. The fourth-order valence-electron chi connectivity index (χ4n) is 1.86. The van der Waals surface area contributed by atoms with E-state index in [0.717, 1.165) is 12.8 Å². The number of carbonyl (C=O) groups excluding carboxylic acids is 1. The van der Waals surface area contributed by atoms with Gasteiger partial charge in [-0.2, -0.15) is 0 Å². The summed E-state index contributed by atoms with van der Waals surface area (Å²) in [7, 11) is 4.55. The van der Waals surface area contributed by atoms with Crippen LogP contribution in [0.3, 0.4) is 0 Å². The monoisotopic (exact) mass is 251 g/mol. The molecule has 2 N–H and O–H groups in total. The van der Waals surface area contributed by atoms with E-state index >= 15 is 0 Å². The smallest absolute Gasteiger partial charge is 0.203 e. The average Bonchev–Trinajstić information content (AvgIpc) is 3.15. The van der Waals surface area contributed by atoms with Crippen molar-refractivity contribution in [3.63, 3.8) is 0 Å². The lowest BCUT2D eigenvalue weighted by atomic mass is 10.0. The highest BCUT2D eigenvalue weighted by Crippen LogP contribution is 2.41. The summed E-state index contributed by atoms with van der Waals surface area (Å²) in [6.45, 7) is 0. The molecule has 1 aliphatic carbocycles. The van der Waals surface area contributed by atoms with Gasteiger partial charge in [-0.1, -0.05) is 0 Å². The Morgan fingerprint density at radius 3 is 1.94 bits per heavy atom. The van der Waals surface area contributed by atoms with Crippen LogP contribution >= 0.6 is 0 Å². The Bertz CT molecular complexity index is 455. The topological polar surface area (TPSA) is 70.8 Å². The Kier molecular flexibility index (Phi) is 3.17. The summed E-state index contributed by atoms with van der Waals surface area (Å²) in [6, 6.07) is 3.27. The third-order valence-corrected chi connectivity index (χ3v) is 3.17. The molecule has 2 rings (SSSR count). The van der Waals surface area contributed by atoms with Crippen LogP contribution in [-0.2, 0) is 0 Å². The first kappa shape index (κ1) is 12.7. The maximum atomic E-state index is 12.2. The van der Waals surface area contributed by atoms with E-state index in [4.69, 9.17) is 19.9 Å². The standard InChI is InChI=1S/C13H17NO4/c1-16-9-6-8(12(15)13(14)4-5-13)7-10(17-2)11(9)18-3/h6-7H,4-5,14H2,1-3H3. The number of Topliss-reactive ketones (excluding diaryl/α,β-unsaturated/α-hetero) is 1. The molecule has 0 radical (unpaired) electrons. The predicted molar refractivity (Wildman–Crippen MR) is 66.6 cm³/mol. The van der Waals surface area contributed by atoms with Gasteiger partial charge in [0.1, 0.15) is 0 Å². The number of hydrogen-bond donors (Lipinski definition) is 1. The van der Waals surface area contributed by atoms with E-state index in [1.807, 2.05) is 0 Å². The number of methoxy groups -OCH3 is 3. The number of nitrogens with two attached hydrogens (primary N) is 1. The Morgan fingerprint density at radius 1 is 1.11 bits per heavy atom. The lowest BCUT2D eigenvalue weighted by molar-refractivity contribution is 0.0948. The van der Waals surface area contributed by atoms with E-state index in [0.29, 0.717) is 22.8 Å². The van der Waals surface area contributed by atoms with Crippen LogP contribution in [0, 0.1) is 0 Å². The van der Waals surface area contributed by atoms with Crippen LogP contribution in [0.5, 0.6) is 17.2 Å². The van der Waals surface area contributed by atoms with Crippen molar-refractivity contribution in [1.82, 2.24) is 0 Å². The number of rotatable bonds is 5. The number of benzene rings is 1. The Labute approximate surface area is 106 Å². The van der Waals surface area contributed by atoms with Gasteiger partial charge in [-0.05, 0) is 25.0 Å². The van der Waals surface area contributed by atoms with Crippen molar-refractivity contribution in [2.24, 2.45) is 5.73 Å². The zero-order valence-electron chi connectivity index (χ0n) is 10.8. The molecule has 0 atom stereocenters. The van der Waals surface area contributed by atoms with E-state index in [-0.39, 0.29) is 5.78 Å². The number of carbonyl (C=O) groups is 1. The summed E-state index contributed by atoms with van der Waals surface area (Å²) in [5.74, 6) is 1.31. The summed E-state index contributed by atoms with van der Waals surface area (Å²) in [5.41, 5.74) is 5.70. The molecule has 5 nitrogen and oxygen atoms in total. The summed E-state index contributed by atoms with van der Waals surface area (Å²) in [6.07, 6.45) is 1.45. The van der Waals surface area contributed by atoms with Crippen molar-refractivity contribution in [3.8, 4) is 17.2 Å². The summed E-state index contributed by atoms with van der Waals surface area (Å²) in [4.78, 5) is 12.2. The summed E-state index contributed by atoms with van der Waals surface area (Å²) in [5, 5.41) is 0. The van der Waals surface area contributed by atoms with Crippen molar-refractivity contribution in [1.29, 1.82) is 0 Å². The van der Waals surface area contributed by atoms with Gasteiger partial charge in [0.2, 0.25) is 5.75 Å². The van der Waals surface area contributed by atoms with Crippen molar-refractivity contribution in [3.05, 3.63) is 17.7 Å². The van der Waals surface area contributed by atoms with E-state index in [1.54, 1.807) is 12.1 Å². The van der Waals surface area contributed by atoms with Crippen LogP contribution in [0.25, 0.3) is 0 Å². The highest BCUT2D eigenvalue weighted by Gasteiger charge is 2.46. The molecule has 1 fully saturated rings. The molecule has 98 valence electrons. The molecule has 0 heterocycles. The average molecular weight is 251 g/mol. The van der Waals surface area contributed by atoms with E-state index < -0.39 is 5.54 Å². The number of ketones is 1. The molecule has 5 heteroatoms. The van der Waals surface area contributed by atoms with Gasteiger partial charge in [0.25, 0.3) is 0 Å². The molecule has 18 heavy (non-hydrogen) atoms. The third kappa shape index (κ3) is 2.01. The lowest BCUT2D eigenvalue weighted by Crippen LogP contribution is -2.32. The Balaban J connectivity index is 2.46. The SMILES string of the molecule is COc1cc(C(=O)C2(N)CC2)cc(OC)c1OC. The van der Waals surface area contributed by atoms with Gasteiger partial charge >= 0.3 is 0 Å². The lowest BCUT2D eigenvalue weighted by Gasteiger charge is -2.15. The van der Waals surface area contributed by atoms with Crippen molar-refractivity contribution < 1.29 is 19.0 Å². The van der Waals surface area contributed by atoms with Crippen LogP contribution in [-0.4, -0.2) is 32.7 Å². The molecular formula is C13H17NO4. The number of ether oxygens (including phenoxy) is 3. The quantitative estimate of drug-likeness (QED) is 0.801. The fraction of sp³-hybridized carbons (Fsp3) is 0.462. The highest BCUT2D eigenvalue weighted by molar-refractivity contribution is 6.05. The van der Waals surface area contributed by atoms with Crippen LogP contribution < -0.4 is 19.9 Å². The molecule has 1 saturated carbocycles. The minimum atomic E-state index is -0.704. The first-order valence-corrected chi connectivity index (χ1v) is 5.69. The van der Waals surface area contributed by atoms with Crippen molar-refractivity contribution in [2.45, 2.75) is 18.4 Å². The minimum Gasteiger partial charge on any atom is -0.493 e. The third-order valence-electron chi connectivity index (χ3n) is 3.17. The maximum absolute atomic E-state index is 12.2. The van der Waals surface area contributed by atoms with Gasteiger partial charge in [-0.3, -0.25) is 4.79 Å². The van der Waals surface area contributed by atoms with Gasteiger partial charge in [0, 0.05) is 5.56 Å². The molecule has 0 spiro atoms. The van der Waals surface area contributed by atoms with Gasteiger partial charge in [0.05, 0.1) is 26.9 Å². The van der Waals surface area contributed by atoms with Gasteiger partial charge < -0.3 is 19.9 Å². The molecule has 0 amide bonds. The van der Waals surface area contributed by atoms with Crippen molar-refractivity contribution in [2.75, 3.05) is 21.3 Å². The predicted octanol–water partition coefficient (Wildman–Crippen LogP) is 1.39. The number of hydrogen-bond acceptors (Lipinski definition) is 5. The largest absolute Gasteiger partial charge is 0.493 e. The van der Waals surface area contributed by atoms with Gasteiger partial charge in [0.15, 0.2) is 17.3 Å². The molecule has 1 aliphatic rings. The van der Waals surface area contributed by atoms with E-state index in [2.05, 4.69) is 0 Å². The second-order valence-corrected chi connectivity index (χ2v) is 4.40. The van der Waals surface area contributed by atoms with E-state index in [1.165, 1.54) is 21.3 Å². The zero-order valence-corrected chi connectivity index (χ0v) is 10.8. The second-order valence-electron chi connectivity index (χ2n) is 4.40. The molecule has 0 saturated heterocycles. The molecule has 0 aromatic heterocycles. The zero-order chi connectivity index (χ0) is 13.3. The van der Waals surface area contributed by atoms with Gasteiger partial charge in [-0.15, -0.1) is 0 Å². The molecule has 0 bridgehead atoms. The van der Waals surface area contributed by atoms with Crippen LogP contribution in [0.1, 0.15) is 23.2 Å². The summed E-state index contributed by atoms with van der Waals surface area (Å²) >= 11 is 0. The van der Waals surface area contributed by atoms with Crippen molar-refractivity contribution >= 4 is 5.78 Å². The summed E-state index contributed by atoms with van der Waals surface area (Å²) < 4.78 is 15.6. The minimum absolute atomic E-state index is 0.0817. The molecule has 0 unspecified atom stereocenters. The van der Waals surface area contributed by atoms with Crippen LogP contribution in [0.4, 0.5) is 0 Å². The second kappa shape index (κ2) is 4.49. The molecular weight excluding hydrogens is 234 g/mol.